The Hall–Kier alpha value is -2.35. The van der Waals surface area contributed by atoms with E-state index < -0.39 is 11.1 Å². The molecule has 4 fully saturated rings. The Morgan fingerprint density at radius 3 is 2.56 bits per heavy atom. The predicted molar refractivity (Wildman–Crippen MR) is 130 cm³/mol. The molecule has 0 aromatic carbocycles. The van der Waals surface area contributed by atoms with Crippen LogP contribution in [0.15, 0.2) is 12.3 Å². The fraction of sp³-hybridized carbons (Fsp3) is 0.731. The van der Waals surface area contributed by atoms with E-state index in [1.165, 1.54) is 6.20 Å². The van der Waals surface area contributed by atoms with E-state index >= 15 is 0 Å². The lowest BCUT2D eigenvalue weighted by Gasteiger charge is -2.60. The van der Waals surface area contributed by atoms with Crippen molar-refractivity contribution in [1.82, 2.24) is 20.4 Å². The Balaban J connectivity index is 1.53. The van der Waals surface area contributed by atoms with E-state index in [2.05, 4.69) is 15.7 Å². The van der Waals surface area contributed by atoms with Gasteiger partial charge in [0.1, 0.15) is 5.56 Å². The average molecular weight is 473 g/mol. The van der Waals surface area contributed by atoms with Crippen LogP contribution in [0, 0.1) is 11.8 Å². The highest BCUT2D eigenvalue weighted by molar-refractivity contribution is 5.97. The smallest absolute Gasteiger partial charge is 0.258 e. The van der Waals surface area contributed by atoms with Gasteiger partial charge >= 0.3 is 0 Å². The topological polar surface area (TPSA) is 105 Å². The van der Waals surface area contributed by atoms with Crippen molar-refractivity contribution in [1.29, 1.82) is 0 Å². The van der Waals surface area contributed by atoms with Gasteiger partial charge in [-0.3, -0.25) is 9.59 Å². The van der Waals surface area contributed by atoms with Gasteiger partial charge in [0.05, 0.1) is 23.4 Å². The largest absolute Gasteiger partial charge is 0.474 e. The van der Waals surface area contributed by atoms with Crippen molar-refractivity contribution in [3.8, 4) is 5.88 Å². The third kappa shape index (κ3) is 5.32. The van der Waals surface area contributed by atoms with Crippen molar-refractivity contribution in [3.05, 3.63) is 17.8 Å². The molecular weight excluding hydrogens is 432 g/mol. The summed E-state index contributed by atoms with van der Waals surface area (Å²) in [5.41, 5.74) is -1.19. The number of aromatic nitrogens is 2. The zero-order valence-corrected chi connectivity index (χ0v) is 21.2. The fourth-order valence-electron chi connectivity index (χ4n) is 6.57. The van der Waals surface area contributed by atoms with Crippen molar-refractivity contribution >= 4 is 18.0 Å². The third-order valence-electron chi connectivity index (χ3n) is 7.32. The summed E-state index contributed by atoms with van der Waals surface area (Å²) in [4.78, 5) is 25.5. The van der Waals surface area contributed by atoms with E-state index in [0.717, 1.165) is 38.5 Å². The summed E-state index contributed by atoms with van der Waals surface area (Å²) in [5, 5.41) is 21.7. The molecule has 8 nitrogen and oxygen atoms in total. The van der Waals surface area contributed by atoms with Crippen LogP contribution in [0.25, 0.3) is 6.20 Å². The molecule has 1 heterocycles. The van der Waals surface area contributed by atoms with E-state index in [4.69, 9.17) is 4.74 Å². The highest BCUT2D eigenvalue weighted by Gasteiger charge is 2.57. The number of hydrogen-bond acceptors (Lipinski definition) is 5. The van der Waals surface area contributed by atoms with E-state index in [9.17, 15) is 14.7 Å². The Kier molecular flexibility index (Phi) is 6.57. The van der Waals surface area contributed by atoms with Gasteiger partial charge in [0.2, 0.25) is 11.8 Å². The molecule has 4 aliphatic rings. The monoisotopic (exact) mass is 472 g/mol. The number of ether oxygens (including phenoxy) is 1. The number of hydrogen-bond donors (Lipinski definition) is 3. The second-order valence-electron chi connectivity index (χ2n) is 11.7. The summed E-state index contributed by atoms with van der Waals surface area (Å²) in [6.07, 6.45) is 11.6. The number of rotatable bonds is 9. The first kappa shape index (κ1) is 24.8. The first-order valence-corrected chi connectivity index (χ1v) is 12.7. The van der Waals surface area contributed by atoms with Gasteiger partial charge in [-0.2, -0.15) is 5.10 Å². The first-order chi connectivity index (χ1) is 15.9. The Morgan fingerprint density at radius 1 is 1.29 bits per heavy atom. The molecule has 8 heteroatoms. The summed E-state index contributed by atoms with van der Waals surface area (Å²) in [6, 6.07) is 0. The van der Waals surface area contributed by atoms with Crippen LogP contribution >= 0.6 is 0 Å². The maximum atomic E-state index is 13.5. The van der Waals surface area contributed by atoms with Gasteiger partial charge in [-0.15, -0.1) is 0 Å². The number of nitrogens with zero attached hydrogens (tertiary/aromatic N) is 2. The minimum Gasteiger partial charge on any atom is -0.474 e. The molecule has 188 valence electrons. The van der Waals surface area contributed by atoms with Crippen molar-refractivity contribution in [2.45, 2.75) is 109 Å². The van der Waals surface area contributed by atoms with Crippen LogP contribution in [-0.2, 0) is 4.79 Å². The normalized spacial score (nSPS) is 30.2. The third-order valence-corrected chi connectivity index (χ3v) is 7.32. The molecule has 4 bridgehead atoms. The van der Waals surface area contributed by atoms with Gasteiger partial charge in [-0.05, 0) is 90.6 Å². The zero-order valence-electron chi connectivity index (χ0n) is 21.2. The van der Waals surface area contributed by atoms with Gasteiger partial charge in [-0.1, -0.05) is 6.92 Å². The molecule has 4 saturated carbocycles. The second-order valence-corrected chi connectivity index (χ2v) is 11.7. The number of carbonyl (C=O) groups is 2. The van der Waals surface area contributed by atoms with E-state index in [0.29, 0.717) is 36.1 Å². The molecule has 1 aromatic heterocycles. The van der Waals surface area contributed by atoms with Crippen LogP contribution in [-0.4, -0.2) is 49.5 Å². The fourth-order valence-corrected chi connectivity index (χ4v) is 6.57. The second kappa shape index (κ2) is 9.02. The molecule has 2 unspecified atom stereocenters. The van der Waals surface area contributed by atoms with Crippen molar-refractivity contribution in [2.75, 3.05) is 0 Å². The van der Waals surface area contributed by atoms with Gasteiger partial charge in [-0.25, -0.2) is 4.68 Å². The van der Waals surface area contributed by atoms with Crippen LogP contribution < -0.4 is 15.4 Å². The standard InChI is InChI=1S/C26H40N4O4/c1-6-7-21(31)28-24(4,5)8-9-30-23(34-17(2)3)20(15-27-30)22(32)29-25-11-18-10-19(12-25)14-26(33,13-18)16-25/h8-9,15,17-19,33H,6-7,10-14,16H2,1-5H3,(H,28,31)(H,29,32). The molecule has 34 heavy (non-hydrogen) atoms. The van der Waals surface area contributed by atoms with Crippen LogP contribution in [0.5, 0.6) is 5.88 Å². The van der Waals surface area contributed by atoms with Gasteiger partial charge in [0.25, 0.3) is 5.91 Å². The van der Waals surface area contributed by atoms with Gasteiger partial charge in [0, 0.05) is 18.2 Å². The molecular formula is C26H40N4O4. The molecule has 0 saturated heterocycles. The minimum atomic E-state index is -0.644. The Bertz CT molecular complexity index is 950. The number of carbonyl (C=O) groups excluding carboxylic acids is 2. The molecule has 2 amide bonds. The van der Waals surface area contributed by atoms with E-state index in [1.807, 2.05) is 40.7 Å². The number of aliphatic hydroxyl groups is 1. The van der Waals surface area contributed by atoms with Crippen molar-refractivity contribution < 1.29 is 19.4 Å². The summed E-state index contributed by atoms with van der Waals surface area (Å²) in [5.74, 6) is 1.12. The maximum Gasteiger partial charge on any atom is 0.258 e. The van der Waals surface area contributed by atoms with E-state index in [1.54, 1.807) is 10.9 Å². The number of amides is 2. The highest BCUT2D eigenvalue weighted by atomic mass is 16.5. The quantitative estimate of drug-likeness (QED) is 0.509. The lowest BCUT2D eigenvalue weighted by molar-refractivity contribution is -0.139. The van der Waals surface area contributed by atoms with E-state index in [-0.39, 0.29) is 23.5 Å². The Labute approximate surface area is 202 Å². The summed E-state index contributed by atoms with van der Waals surface area (Å²) in [7, 11) is 0. The van der Waals surface area contributed by atoms with Gasteiger partial charge < -0.3 is 20.5 Å². The van der Waals surface area contributed by atoms with Crippen molar-refractivity contribution in [2.24, 2.45) is 11.8 Å². The Morgan fingerprint density at radius 2 is 1.97 bits per heavy atom. The van der Waals surface area contributed by atoms with Crippen LogP contribution in [0.3, 0.4) is 0 Å². The van der Waals surface area contributed by atoms with Crippen LogP contribution in [0.2, 0.25) is 0 Å². The zero-order chi connectivity index (χ0) is 24.7. The van der Waals surface area contributed by atoms with Crippen molar-refractivity contribution in [3.63, 3.8) is 0 Å². The molecule has 0 spiro atoms. The minimum absolute atomic E-state index is 0.00596. The molecule has 2 atom stereocenters. The van der Waals surface area contributed by atoms with Crippen LogP contribution in [0.1, 0.15) is 96.3 Å². The SMILES string of the molecule is CCCC(=O)NC(C)(C)C=Cn1ncc(C(=O)NC23CC4CC(CC(O)(C4)C2)C3)c1OC(C)C. The maximum absolute atomic E-state index is 13.5. The lowest BCUT2D eigenvalue weighted by atomic mass is 9.51. The predicted octanol–water partition coefficient (Wildman–Crippen LogP) is 3.65. The molecule has 0 radical (unpaired) electrons. The number of nitrogens with one attached hydrogen (secondary N) is 2. The summed E-state index contributed by atoms with van der Waals surface area (Å²) >= 11 is 0. The average Bonchev–Trinajstić information content (AvgIpc) is 3.06. The molecule has 4 aliphatic carbocycles. The molecule has 3 N–H and O–H groups in total. The summed E-state index contributed by atoms with van der Waals surface area (Å²) in [6.45, 7) is 9.61. The summed E-state index contributed by atoms with van der Waals surface area (Å²) < 4.78 is 7.57. The highest BCUT2D eigenvalue weighted by Crippen LogP contribution is 2.57. The molecule has 5 rings (SSSR count). The molecule has 1 aromatic rings. The lowest BCUT2D eigenvalue weighted by Crippen LogP contribution is -2.65. The first-order valence-electron chi connectivity index (χ1n) is 12.7. The molecule has 0 aliphatic heterocycles. The van der Waals surface area contributed by atoms with Crippen LogP contribution in [0.4, 0.5) is 0 Å². The van der Waals surface area contributed by atoms with Gasteiger partial charge in [0.15, 0.2) is 0 Å².